The Morgan fingerprint density at radius 1 is 1.21 bits per heavy atom. The molecule has 0 amide bonds. The molecule has 6 heteroatoms. The minimum Gasteiger partial charge on any atom is -0.496 e. The van der Waals surface area contributed by atoms with Gasteiger partial charge in [-0.05, 0) is 30.3 Å². The first-order valence-electron chi connectivity index (χ1n) is 5.24. The number of carbonyl (C=O) groups excluding carboxylic acids is 1. The van der Waals surface area contributed by atoms with Gasteiger partial charge >= 0.3 is 5.97 Å². The molecule has 0 spiro atoms. The molecule has 0 fully saturated rings. The summed E-state index contributed by atoms with van der Waals surface area (Å²) < 4.78 is 10.8. The molecule has 0 bridgehead atoms. The fraction of sp³-hybridized carbons (Fsp3) is 0.0769. The molecule has 0 aliphatic carbocycles. The van der Waals surface area contributed by atoms with Gasteiger partial charge in [0.25, 0.3) is 0 Å². The van der Waals surface area contributed by atoms with Gasteiger partial charge in [0.05, 0.1) is 12.7 Å². The summed E-state index contributed by atoms with van der Waals surface area (Å²) in [7, 11) is 1.45. The second-order valence-corrected chi connectivity index (χ2v) is 4.56. The van der Waals surface area contributed by atoms with Crippen molar-refractivity contribution in [2.75, 3.05) is 7.11 Å². The van der Waals surface area contributed by atoms with E-state index in [4.69, 9.17) is 14.3 Å². The van der Waals surface area contributed by atoms with Crippen LogP contribution in [0.25, 0.3) is 0 Å². The maximum Gasteiger partial charge on any atom is 0.371 e. The Hall–Kier alpha value is -2.08. The van der Waals surface area contributed by atoms with Gasteiger partial charge in [0, 0.05) is 4.47 Å². The van der Waals surface area contributed by atoms with Crippen molar-refractivity contribution in [1.29, 1.82) is 0 Å². The average molecular weight is 325 g/mol. The Bertz CT molecular complexity index is 644. The molecule has 19 heavy (non-hydrogen) atoms. The van der Waals surface area contributed by atoms with Crippen molar-refractivity contribution in [3.8, 4) is 5.75 Å². The summed E-state index contributed by atoms with van der Waals surface area (Å²) in [6.45, 7) is 0. The summed E-state index contributed by atoms with van der Waals surface area (Å²) >= 11 is 3.26. The molecule has 0 unspecified atom stereocenters. The topological polar surface area (TPSA) is 76.7 Å². The van der Waals surface area contributed by atoms with E-state index in [0.717, 1.165) is 0 Å². The fourth-order valence-electron chi connectivity index (χ4n) is 1.57. The number of halogens is 1. The predicted molar refractivity (Wildman–Crippen MR) is 69.8 cm³/mol. The first kappa shape index (κ1) is 13.4. The third kappa shape index (κ3) is 2.68. The van der Waals surface area contributed by atoms with E-state index in [0.29, 0.717) is 15.8 Å². The second-order valence-electron chi connectivity index (χ2n) is 3.64. The van der Waals surface area contributed by atoms with E-state index in [2.05, 4.69) is 15.9 Å². The average Bonchev–Trinajstić information content (AvgIpc) is 2.87. The largest absolute Gasteiger partial charge is 0.496 e. The fourth-order valence-corrected chi connectivity index (χ4v) is 1.93. The zero-order chi connectivity index (χ0) is 14.0. The highest BCUT2D eigenvalue weighted by Crippen LogP contribution is 2.26. The van der Waals surface area contributed by atoms with E-state index >= 15 is 0 Å². The minimum absolute atomic E-state index is 0.0474. The summed E-state index contributed by atoms with van der Waals surface area (Å²) in [5, 5.41) is 8.76. The zero-order valence-corrected chi connectivity index (χ0v) is 11.4. The molecule has 0 saturated heterocycles. The van der Waals surface area contributed by atoms with Crippen LogP contribution in [0.3, 0.4) is 0 Å². The lowest BCUT2D eigenvalue weighted by atomic mass is 10.1. The van der Waals surface area contributed by atoms with Crippen molar-refractivity contribution < 1.29 is 23.8 Å². The molecule has 0 saturated carbocycles. The number of furan rings is 1. The van der Waals surface area contributed by atoms with Gasteiger partial charge in [-0.3, -0.25) is 4.79 Å². The highest BCUT2D eigenvalue weighted by Gasteiger charge is 2.20. The van der Waals surface area contributed by atoms with Crippen LogP contribution in [0, 0.1) is 0 Å². The summed E-state index contributed by atoms with van der Waals surface area (Å²) in [5.41, 5.74) is 0.295. The van der Waals surface area contributed by atoms with E-state index in [-0.39, 0.29) is 11.5 Å². The van der Waals surface area contributed by atoms with Crippen molar-refractivity contribution in [3.63, 3.8) is 0 Å². The van der Waals surface area contributed by atoms with Gasteiger partial charge in [-0.1, -0.05) is 15.9 Å². The number of methoxy groups -OCH3 is 1. The van der Waals surface area contributed by atoms with Crippen molar-refractivity contribution in [2.45, 2.75) is 0 Å². The molecule has 1 aromatic carbocycles. The van der Waals surface area contributed by atoms with Crippen molar-refractivity contribution in [1.82, 2.24) is 0 Å². The molecule has 2 rings (SSSR count). The highest BCUT2D eigenvalue weighted by molar-refractivity contribution is 9.10. The summed E-state index contributed by atoms with van der Waals surface area (Å²) in [6, 6.07) is 7.52. The molecular weight excluding hydrogens is 316 g/mol. The first-order valence-corrected chi connectivity index (χ1v) is 6.03. The van der Waals surface area contributed by atoms with Crippen LogP contribution in [0.2, 0.25) is 0 Å². The van der Waals surface area contributed by atoms with Crippen molar-refractivity contribution in [3.05, 3.63) is 51.9 Å². The number of carboxylic acid groups (broad SMARTS) is 1. The van der Waals surface area contributed by atoms with Crippen LogP contribution < -0.4 is 4.74 Å². The third-order valence-electron chi connectivity index (χ3n) is 2.45. The first-order chi connectivity index (χ1) is 9.02. The summed E-state index contributed by atoms with van der Waals surface area (Å²) in [4.78, 5) is 22.9. The lowest BCUT2D eigenvalue weighted by Gasteiger charge is -2.06. The van der Waals surface area contributed by atoms with Crippen LogP contribution in [0.1, 0.15) is 26.7 Å². The third-order valence-corrected chi connectivity index (χ3v) is 2.94. The Morgan fingerprint density at radius 3 is 2.47 bits per heavy atom. The number of aromatic carboxylic acids is 1. The molecule has 5 nitrogen and oxygen atoms in total. The maximum absolute atomic E-state index is 12.2. The lowest BCUT2D eigenvalue weighted by Crippen LogP contribution is -2.03. The second kappa shape index (κ2) is 5.27. The molecule has 0 aliphatic heterocycles. The van der Waals surface area contributed by atoms with Gasteiger partial charge in [-0.15, -0.1) is 0 Å². The number of carbonyl (C=O) groups is 2. The summed E-state index contributed by atoms with van der Waals surface area (Å²) in [6.07, 6.45) is 0. The minimum atomic E-state index is -1.22. The van der Waals surface area contributed by atoms with Gasteiger partial charge in [0.1, 0.15) is 5.75 Å². The van der Waals surface area contributed by atoms with E-state index in [1.165, 1.54) is 19.2 Å². The number of carboxylic acids is 1. The smallest absolute Gasteiger partial charge is 0.371 e. The van der Waals surface area contributed by atoms with Crippen LogP contribution in [-0.4, -0.2) is 24.0 Å². The van der Waals surface area contributed by atoms with Crippen LogP contribution in [0.4, 0.5) is 0 Å². The number of benzene rings is 1. The van der Waals surface area contributed by atoms with E-state index in [9.17, 15) is 9.59 Å². The molecule has 0 atom stereocenters. The number of ether oxygens (including phenoxy) is 1. The molecule has 2 aromatic rings. The van der Waals surface area contributed by atoms with E-state index in [1.807, 2.05) is 0 Å². The number of hydrogen-bond acceptors (Lipinski definition) is 4. The quantitative estimate of drug-likeness (QED) is 0.875. The van der Waals surface area contributed by atoms with Crippen LogP contribution in [-0.2, 0) is 0 Å². The number of ketones is 1. The zero-order valence-electron chi connectivity index (χ0n) is 9.84. The van der Waals surface area contributed by atoms with Crippen molar-refractivity contribution >= 4 is 27.7 Å². The molecular formula is C13H9BrO5. The van der Waals surface area contributed by atoms with E-state index in [1.54, 1.807) is 18.2 Å². The number of rotatable bonds is 4. The van der Waals surface area contributed by atoms with Crippen LogP contribution >= 0.6 is 15.9 Å². The van der Waals surface area contributed by atoms with Crippen molar-refractivity contribution in [2.24, 2.45) is 0 Å². The van der Waals surface area contributed by atoms with E-state index < -0.39 is 11.8 Å². The standard InChI is InChI=1S/C13H9BrO5/c1-18-9-3-2-7(14)6-8(9)12(15)10-4-5-11(19-10)13(16)17/h2-6H,1H3,(H,16,17). The van der Waals surface area contributed by atoms with Crippen LogP contribution in [0.15, 0.2) is 39.2 Å². The van der Waals surface area contributed by atoms with Gasteiger partial charge in [-0.25, -0.2) is 4.79 Å². The maximum atomic E-state index is 12.2. The molecule has 98 valence electrons. The Labute approximate surface area is 116 Å². The Morgan fingerprint density at radius 2 is 1.89 bits per heavy atom. The summed E-state index contributed by atoms with van der Waals surface area (Å²) in [5.74, 6) is -1.60. The normalized spacial score (nSPS) is 10.2. The SMILES string of the molecule is COc1ccc(Br)cc1C(=O)c1ccc(C(=O)O)o1. The molecule has 1 heterocycles. The molecule has 0 radical (unpaired) electrons. The Balaban J connectivity index is 2.43. The van der Waals surface area contributed by atoms with Gasteiger partial charge in [-0.2, -0.15) is 0 Å². The van der Waals surface area contributed by atoms with Gasteiger partial charge in [0.2, 0.25) is 11.5 Å². The predicted octanol–water partition coefficient (Wildman–Crippen LogP) is 2.98. The number of hydrogen-bond donors (Lipinski definition) is 1. The Kier molecular flexibility index (Phi) is 3.71. The van der Waals surface area contributed by atoms with Gasteiger partial charge < -0.3 is 14.3 Å². The van der Waals surface area contributed by atoms with Crippen LogP contribution in [0.5, 0.6) is 5.75 Å². The lowest BCUT2D eigenvalue weighted by molar-refractivity contribution is 0.0660. The molecule has 1 N–H and O–H groups in total. The monoisotopic (exact) mass is 324 g/mol. The molecule has 0 aliphatic rings. The highest BCUT2D eigenvalue weighted by atomic mass is 79.9. The van der Waals surface area contributed by atoms with Gasteiger partial charge in [0.15, 0.2) is 5.76 Å². The molecule has 1 aromatic heterocycles.